The molecule has 0 unspecified atom stereocenters. The number of anilines is 1. The molecule has 1 amide bonds. The van der Waals surface area contributed by atoms with E-state index >= 15 is 0 Å². The van der Waals surface area contributed by atoms with Crippen LogP contribution < -0.4 is 5.32 Å². The van der Waals surface area contributed by atoms with E-state index in [1.54, 1.807) is 31.9 Å². The second-order valence-electron chi connectivity index (χ2n) is 10.3. The lowest BCUT2D eigenvalue weighted by Crippen LogP contribution is -2.46. The number of amides is 1. The fraction of sp³-hybridized carbons (Fsp3) is 0.500. The summed E-state index contributed by atoms with van der Waals surface area (Å²) < 4.78 is 48.0. The molecule has 11 heteroatoms. The number of nitrogens with zero attached hydrogens (tertiary/aromatic N) is 5. The smallest absolute Gasteiger partial charge is 0.266 e. The molecule has 0 aliphatic carbocycles. The number of likely N-dealkylation sites (N-methyl/N-ethyl adjacent to an activating group) is 1. The largest absolute Gasteiger partial charge is 0.367 e. The van der Waals surface area contributed by atoms with Gasteiger partial charge in [0.2, 0.25) is 5.91 Å². The molecule has 0 radical (unpaired) electrons. The summed E-state index contributed by atoms with van der Waals surface area (Å²) in [7, 11) is 3.95. The van der Waals surface area contributed by atoms with Crippen LogP contribution in [0.1, 0.15) is 61.8 Å². The Bertz CT molecular complexity index is 1330. The summed E-state index contributed by atoms with van der Waals surface area (Å²) in [6.07, 6.45) is -0.0841. The third kappa shape index (κ3) is 6.30. The van der Waals surface area contributed by atoms with Gasteiger partial charge < -0.3 is 19.9 Å². The maximum absolute atomic E-state index is 14.9. The maximum atomic E-state index is 14.9. The summed E-state index contributed by atoms with van der Waals surface area (Å²) in [5.74, 6) is 0.0200. The van der Waals surface area contributed by atoms with Crippen molar-refractivity contribution in [2.24, 2.45) is 0 Å². The number of fused-ring (bicyclic) bond motifs is 1. The molecule has 39 heavy (non-hydrogen) atoms. The molecule has 1 aliphatic rings. The summed E-state index contributed by atoms with van der Waals surface area (Å²) in [5, 5.41) is 3.87. The van der Waals surface area contributed by atoms with E-state index in [4.69, 9.17) is 9.72 Å². The van der Waals surface area contributed by atoms with E-state index < -0.39 is 29.4 Å². The molecule has 210 valence electrons. The second-order valence-corrected chi connectivity index (χ2v) is 10.3. The van der Waals surface area contributed by atoms with Gasteiger partial charge in [-0.1, -0.05) is 18.2 Å². The lowest BCUT2D eigenvalue weighted by atomic mass is 9.86. The average molecular weight is 545 g/mol. The molecule has 2 aromatic heterocycles. The van der Waals surface area contributed by atoms with Crippen LogP contribution in [0.15, 0.2) is 30.5 Å². The van der Waals surface area contributed by atoms with Gasteiger partial charge in [0.25, 0.3) is 6.43 Å². The standard InChI is InChI=1S/C28H35F3N6O2/c1-17(20-7-6-8-21(25(20)29)26(30)31)33-27-22-15-24(32-16-23(22)34-18(2)35-27)28(39-14-13-36(4)5)9-11-37(12-10-28)19(3)38/h6-8,15-17,26H,9-14H2,1-5H3,(H,33,34,35)/t17-/m1/s1. The Morgan fingerprint density at radius 3 is 2.54 bits per heavy atom. The van der Waals surface area contributed by atoms with E-state index in [0.717, 1.165) is 12.6 Å². The topological polar surface area (TPSA) is 83.5 Å². The summed E-state index contributed by atoms with van der Waals surface area (Å²) in [6.45, 7) is 7.30. The third-order valence-electron chi connectivity index (χ3n) is 7.21. The first-order valence-corrected chi connectivity index (χ1v) is 13.0. The summed E-state index contributed by atoms with van der Waals surface area (Å²) in [6, 6.07) is 5.23. The van der Waals surface area contributed by atoms with E-state index in [1.165, 1.54) is 12.1 Å². The van der Waals surface area contributed by atoms with Crippen LogP contribution in [-0.2, 0) is 15.1 Å². The molecule has 3 aromatic rings. The van der Waals surface area contributed by atoms with E-state index in [1.807, 2.05) is 25.1 Å². The summed E-state index contributed by atoms with van der Waals surface area (Å²) in [4.78, 5) is 29.6. The number of aromatic nitrogens is 3. The lowest BCUT2D eigenvalue weighted by Gasteiger charge is -2.41. The highest BCUT2D eigenvalue weighted by Crippen LogP contribution is 2.38. The Balaban J connectivity index is 1.71. The molecule has 1 fully saturated rings. The number of carbonyl (C=O) groups excluding carboxylic acids is 1. The van der Waals surface area contributed by atoms with Crippen LogP contribution >= 0.6 is 0 Å². The monoisotopic (exact) mass is 544 g/mol. The fourth-order valence-electron chi connectivity index (χ4n) is 4.94. The first-order chi connectivity index (χ1) is 18.5. The molecule has 1 atom stereocenters. The predicted molar refractivity (Wildman–Crippen MR) is 143 cm³/mol. The van der Waals surface area contributed by atoms with Crippen LogP contribution in [0.25, 0.3) is 10.9 Å². The number of aryl methyl sites for hydroxylation is 1. The van der Waals surface area contributed by atoms with Crippen LogP contribution in [0.5, 0.6) is 0 Å². The average Bonchev–Trinajstić information content (AvgIpc) is 2.88. The van der Waals surface area contributed by atoms with Crippen LogP contribution in [0.2, 0.25) is 0 Å². The van der Waals surface area contributed by atoms with Crippen LogP contribution in [0.4, 0.5) is 19.0 Å². The van der Waals surface area contributed by atoms with Crippen molar-refractivity contribution in [1.29, 1.82) is 0 Å². The number of likely N-dealkylation sites (tertiary alicyclic amines) is 1. The number of carbonyl (C=O) groups is 1. The number of rotatable bonds is 9. The molecule has 0 spiro atoms. The van der Waals surface area contributed by atoms with Crippen LogP contribution in [0, 0.1) is 12.7 Å². The van der Waals surface area contributed by atoms with Gasteiger partial charge in [0, 0.05) is 37.5 Å². The van der Waals surface area contributed by atoms with Gasteiger partial charge in [0.15, 0.2) is 0 Å². The number of hydrogen-bond acceptors (Lipinski definition) is 7. The number of halogens is 3. The fourth-order valence-corrected chi connectivity index (χ4v) is 4.94. The molecule has 1 aliphatic heterocycles. The molecular formula is C28H35F3N6O2. The number of hydrogen-bond donors (Lipinski definition) is 1. The number of ether oxygens (including phenoxy) is 1. The van der Waals surface area contributed by atoms with Gasteiger partial charge in [-0.2, -0.15) is 0 Å². The zero-order valence-corrected chi connectivity index (χ0v) is 23.0. The molecule has 8 nitrogen and oxygen atoms in total. The number of alkyl halides is 2. The van der Waals surface area contributed by atoms with Crippen molar-refractivity contribution in [3.63, 3.8) is 0 Å². The predicted octanol–water partition coefficient (Wildman–Crippen LogP) is 5.00. The summed E-state index contributed by atoms with van der Waals surface area (Å²) in [5.41, 5.74) is 0.0665. The van der Waals surface area contributed by atoms with E-state index in [2.05, 4.69) is 15.3 Å². The van der Waals surface area contributed by atoms with Gasteiger partial charge in [-0.05, 0) is 46.9 Å². The highest BCUT2D eigenvalue weighted by atomic mass is 19.3. The molecular weight excluding hydrogens is 509 g/mol. The third-order valence-corrected chi connectivity index (χ3v) is 7.21. The molecule has 0 saturated carbocycles. The zero-order chi connectivity index (χ0) is 28.3. The van der Waals surface area contributed by atoms with Crippen molar-refractivity contribution >= 4 is 22.6 Å². The van der Waals surface area contributed by atoms with Crippen LogP contribution in [-0.4, -0.2) is 71.0 Å². The highest BCUT2D eigenvalue weighted by Gasteiger charge is 2.39. The van der Waals surface area contributed by atoms with Crippen molar-refractivity contribution in [3.05, 3.63) is 58.9 Å². The number of nitrogens with one attached hydrogen (secondary N) is 1. The molecule has 4 rings (SSSR count). The Labute approximate surface area is 226 Å². The van der Waals surface area contributed by atoms with Gasteiger partial charge in [-0.15, -0.1) is 0 Å². The van der Waals surface area contributed by atoms with Gasteiger partial charge in [-0.3, -0.25) is 9.78 Å². The molecule has 1 saturated heterocycles. The van der Waals surface area contributed by atoms with Crippen molar-refractivity contribution in [1.82, 2.24) is 24.8 Å². The normalized spacial score (nSPS) is 16.2. The minimum atomic E-state index is -2.91. The zero-order valence-electron chi connectivity index (χ0n) is 23.0. The molecule has 1 N–H and O–H groups in total. The van der Waals surface area contributed by atoms with Gasteiger partial charge in [0.05, 0.1) is 35.6 Å². The Kier molecular flexibility index (Phi) is 8.70. The minimum Gasteiger partial charge on any atom is -0.367 e. The molecule has 1 aromatic carbocycles. The maximum Gasteiger partial charge on any atom is 0.266 e. The van der Waals surface area contributed by atoms with Crippen molar-refractivity contribution < 1.29 is 22.7 Å². The van der Waals surface area contributed by atoms with Gasteiger partial charge in [-0.25, -0.2) is 23.1 Å². The molecule has 3 heterocycles. The Morgan fingerprint density at radius 2 is 1.90 bits per heavy atom. The van der Waals surface area contributed by atoms with Crippen molar-refractivity contribution in [2.75, 3.05) is 45.7 Å². The minimum absolute atomic E-state index is 0.0239. The van der Waals surface area contributed by atoms with Crippen molar-refractivity contribution in [2.45, 2.75) is 51.7 Å². The Morgan fingerprint density at radius 1 is 1.21 bits per heavy atom. The lowest BCUT2D eigenvalue weighted by molar-refractivity contribution is -0.138. The first kappa shape index (κ1) is 28.7. The van der Waals surface area contributed by atoms with Crippen molar-refractivity contribution in [3.8, 4) is 0 Å². The first-order valence-electron chi connectivity index (χ1n) is 13.0. The molecule has 0 bridgehead atoms. The van der Waals surface area contributed by atoms with E-state index in [-0.39, 0.29) is 11.5 Å². The van der Waals surface area contributed by atoms with E-state index in [9.17, 15) is 18.0 Å². The number of pyridine rings is 1. The second kappa shape index (κ2) is 11.8. The van der Waals surface area contributed by atoms with Crippen LogP contribution in [0.3, 0.4) is 0 Å². The Hall–Kier alpha value is -3.31. The van der Waals surface area contributed by atoms with E-state index in [0.29, 0.717) is 60.8 Å². The quantitative estimate of drug-likeness (QED) is 0.406. The highest BCUT2D eigenvalue weighted by molar-refractivity contribution is 5.89. The van der Waals surface area contributed by atoms with Gasteiger partial charge >= 0.3 is 0 Å². The summed E-state index contributed by atoms with van der Waals surface area (Å²) >= 11 is 0. The SMILES string of the molecule is CC(=O)N1CCC(OCCN(C)C)(c2cc3c(N[C@H](C)c4cccc(C(F)F)c4F)nc(C)nc3cn2)CC1. The number of piperidine rings is 1. The van der Waals surface area contributed by atoms with Gasteiger partial charge in [0.1, 0.15) is 23.1 Å². The number of benzene rings is 1.